The molecule has 5 nitrogen and oxygen atoms in total. The highest BCUT2D eigenvalue weighted by Gasteiger charge is 2.30. The molecule has 8 heteroatoms. The summed E-state index contributed by atoms with van der Waals surface area (Å²) in [5, 5.41) is 7.09. The first-order chi connectivity index (χ1) is 15.9. The Labute approximate surface area is 196 Å². The van der Waals surface area contributed by atoms with E-state index < -0.39 is 23.4 Å². The van der Waals surface area contributed by atoms with Gasteiger partial charge in [-0.3, -0.25) is 4.79 Å². The summed E-state index contributed by atoms with van der Waals surface area (Å²) in [4.78, 5) is 24.2. The van der Waals surface area contributed by atoms with Gasteiger partial charge in [-0.25, -0.2) is 4.79 Å². The number of alkyl carbamates (subject to hydrolysis) is 1. The van der Waals surface area contributed by atoms with E-state index in [0.29, 0.717) is 30.6 Å². The van der Waals surface area contributed by atoms with Crippen molar-refractivity contribution in [3.63, 3.8) is 0 Å². The van der Waals surface area contributed by atoms with Crippen molar-refractivity contribution < 1.29 is 27.5 Å². The summed E-state index contributed by atoms with van der Waals surface area (Å²) in [6.07, 6.45) is -4.35. The van der Waals surface area contributed by atoms with E-state index in [0.717, 1.165) is 28.5 Å². The van der Waals surface area contributed by atoms with Gasteiger partial charge in [0.15, 0.2) is 0 Å². The van der Waals surface area contributed by atoms with E-state index in [1.807, 2.05) is 12.1 Å². The van der Waals surface area contributed by atoms with Crippen LogP contribution in [0.1, 0.15) is 43.1 Å². The highest BCUT2D eigenvalue weighted by atomic mass is 19.4. The predicted molar refractivity (Wildman–Crippen MR) is 126 cm³/mol. The standard InChI is InChI=1S/C26H27F3N2O3/c1-25(2,3)34-24(33)31-15-5-14-30-23(32)19-10-13-22-18(16-19)6-4-7-21(22)17-8-11-20(12-9-17)26(27,28)29/h4,6-13,16H,5,14-15H2,1-3H3,(H,30,32)(H,31,33). The van der Waals surface area contributed by atoms with E-state index in [1.165, 1.54) is 12.1 Å². The van der Waals surface area contributed by atoms with Gasteiger partial charge in [0.25, 0.3) is 5.91 Å². The van der Waals surface area contributed by atoms with E-state index in [9.17, 15) is 22.8 Å². The Kier molecular flexibility index (Phi) is 7.49. The Morgan fingerprint density at radius 1 is 0.882 bits per heavy atom. The molecule has 180 valence electrons. The largest absolute Gasteiger partial charge is 0.444 e. The lowest BCUT2D eigenvalue weighted by atomic mass is 9.96. The van der Waals surface area contributed by atoms with Crippen molar-refractivity contribution in [2.75, 3.05) is 13.1 Å². The first-order valence-electron chi connectivity index (χ1n) is 10.9. The Bertz CT molecular complexity index is 1170. The van der Waals surface area contributed by atoms with Crippen molar-refractivity contribution in [2.45, 2.75) is 39.0 Å². The molecule has 2 amide bonds. The van der Waals surface area contributed by atoms with Crippen LogP contribution >= 0.6 is 0 Å². The first kappa shape index (κ1) is 25.1. The molecule has 0 bridgehead atoms. The van der Waals surface area contributed by atoms with Gasteiger partial charge in [-0.15, -0.1) is 0 Å². The molecule has 3 aromatic carbocycles. The van der Waals surface area contributed by atoms with Crippen LogP contribution in [0.25, 0.3) is 21.9 Å². The molecule has 3 aromatic rings. The number of carbonyl (C=O) groups excluding carboxylic acids is 2. The average molecular weight is 473 g/mol. The summed E-state index contributed by atoms with van der Waals surface area (Å²) in [5.74, 6) is -0.251. The van der Waals surface area contributed by atoms with E-state index in [1.54, 1.807) is 45.0 Å². The van der Waals surface area contributed by atoms with Crippen LogP contribution in [0.2, 0.25) is 0 Å². The molecule has 0 spiro atoms. The van der Waals surface area contributed by atoms with Crippen LogP contribution in [0.3, 0.4) is 0 Å². The molecule has 0 heterocycles. The predicted octanol–water partition coefficient (Wildman–Crippen LogP) is 6.17. The van der Waals surface area contributed by atoms with Crippen molar-refractivity contribution in [2.24, 2.45) is 0 Å². The molecule has 0 unspecified atom stereocenters. The number of rotatable bonds is 6. The molecule has 0 aliphatic rings. The lowest BCUT2D eigenvalue weighted by Crippen LogP contribution is -2.34. The zero-order valence-corrected chi connectivity index (χ0v) is 19.3. The van der Waals surface area contributed by atoms with Gasteiger partial charge in [-0.05, 0) is 73.4 Å². The molecule has 0 saturated carbocycles. The molecule has 0 fully saturated rings. The number of nitrogens with one attached hydrogen (secondary N) is 2. The molecule has 0 aliphatic carbocycles. The number of benzene rings is 3. The fraction of sp³-hybridized carbons (Fsp3) is 0.308. The maximum absolute atomic E-state index is 12.9. The van der Waals surface area contributed by atoms with E-state index in [-0.39, 0.29) is 5.91 Å². The molecule has 0 radical (unpaired) electrons. The number of ether oxygens (including phenoxy) is 1. The number of carbonyl (C=O) groups is 2. The monoisotopic (exact) mass is 472 g/mol. The van der Waals surface area contributed by atoms with Gasteiger partial charge in [0.1, 0.15) is 5.60 Å². The zero-order chi connectivity index (χ0) is 24.9. The summed E-state index contributed by atoms with van der Waals surface area (Å²) in [6, 6.07) is 15.7. The van der Waals surface area contributed by atoms with E-state index >= 15 is 0 Å². The molecular weight excluding hydrogens is 445 g/mol. The molecule has 0 saturated heterocycles. The molecule has 2 N–H and O–H groups in total. The second kappa shape index (κ2) is 10.2. The zero-order valence-electron chi connectivity index (χ0n) is 19.3. The van der Waals surface area contributed by atoms with E-state index in [2.05, 4.69) is 10.6 Å². The summed E-state index contributed by atoms with van der Waals surface area (Å²) < 4.78 is 43.7. The van der Waals surface area contributed by atoms with Crippen molar-refractivity contribution in [1.29, 1.82) is 0 Å². The fourth-order valence-corrected chi connectivity index (χ4v) is 3.41. The minimum atomic E-state index is -4.38. The third-order valence-electron chi connectivity index (χ3n) is 4.97. The normalized spacial score (nSPS) is 11.8. The Morgan fingerprint density at radius 2 is 1.56 bits per heavy atom. The number of hydrogen-bond donors (Lipinski definition) is 2. The quantitative estimate of drug-likeness (QED) is 0.422. The van der Waals surface area contributed by atoms with Crippen molar-refractivity contribution >= 4 is 22.8 Å². The highest BCUT2D eigenvalue weighted by molar-refractivity contribution is 6.02. The summed E-state index contributed by atoms with van der Waals surface area (Å²) in [7, 11) is 0. The number of alkyl halides is 3. The van der Waals surface area contributed by atoms with Crippen LogP contribution in [0.4, 0.5) is 18.0 Å². The second-order valence-electron chi connectivity index (χ2n) is 8.85. The van der Waals surface area contributed by atoms with Gasteiger partial charge < -0.3 is 15.4 Å². The lowest BCUT2D eigenvalue weighted by molar-refractivity contribution is -0.137. The average Bonchev–Trinajstić information content (AvgIpc) is 2.76. The Morgan fingerprint density at radius 3 is 2.21 bits per heavy atom. The van der Waals surface area contributed by atoms with Crippen LogP contribution in [0, 0.1) is 0 Å². The number of amides is 2. The van der Waals surface area contributed by atoms with Gasteiger partial charge in [-0.2, -0.15) is 13.2 Å². The summed E-state index contributed by atoms with van der Waals surface area (Å²) in [6.45, 7) is 6.08. The first-order valence-corrected chi connectivity index (χ1v) is 10.9. The van der Waals surface area contributed by atoms with Crippen LogP contribution in [0.15, 0.2) is 60.7 Å². The van der Waals surface area contributed by atoms with E-state index in [4.69, 9.17) is 4.74 Å². The van der Waals surface area contributed by atoms with Crippen molar-refractivity contribution in [3.8, 4) is 11.1 Å². The number of hydrogen-bond acceptors (Lipinski definition) is 3. The molecule has 3 rings (SSSR count). The third kappa shape index (κ3) is 6.73. The van der Waals surface area contributed by atoms with Crippen LogP contribution in [-0.4, -0.2) is 30.7 Å². The van der Waals surface area contributed by atoms with Crippen LogP contribution in [0.5, 0.6) is 0 Å². The molecule has 34 heavy (non-hydrogen) atoms. The van der Waals surface area contributed by atoms with Gasteiger partial charge in [0, 0.05) is 18.7 Å². The van der Waals surface area contributed by atoms with Gasteiger partial charge in [-0.1, -0.05) is 36.4 Å². The van der Waals surface area contributed by atoms with Crippen molar-refractivity contribution in [3.05, 3.63) is 71.8 Å². The van der Waals surface area contributed by atoms with Crippen molar-refractivity contribution in [1.82, 2.24) is 10.6 Å². The minimum absolute atomic E-state index is 0.251. The summed E-state index contributed by atoms with van der Waals surface area (Å²) in [5.41, 5.74) is 0.648. The van der Waals surface area contributed by atoms with Gasteiger partial charge >= 0.3 is 12.3 Å². The smallest absolute Gasteiger partial charge is 0.416 e. The second-order valence-corrected chi connectivity index (χ2v) is 8.85. The SMILES string of the molecule is CC(C)(C)OC(=O)NCCCNC(=O)c1ccc2c(-c3ccc(C(F)(F)F)cc3)cccc2c1. The third-order valence-corrected chi connectivity index (χ3v) is 4.97. The maximum atomic E-state index is 12.9. The Balaban J connectivity index is 1.62. The highest BCUT2D eigenvalue weighted by Crippen LogP contribution is 2.33. The lowest BCUT2D eigenvalue weighted by Gasteiger charge is -2.19. The van der Waals surface area contributed by atoms with Crippen LogP contribution < -0.4 is 10.6 Å². The molecule has 0 aliphatic heterocycles. The van der Waals surface area contributed by atoms with Crippen LogP contribution in [-0.2, 0) is 10.9 Å². The summed E-state index contributed by atoms with van der Waals surface area (Å²) >= 11 is 0. The fourth-order valence-electron chi connectivity index (χ4n) is 3.41. The number of halogens is 3. The van der Waals surface area contributed by atoms with Gasteiger partial charge in [0.05, 0.1) is 5.56 Å². The maximum Gasteiger partial charge on any atom is 0.416 e. The molecule has 0 atom stereocenters. The van der Waals surface area contributed by atoms with Gasteiger partial charge in [0.2, 0.25) is 0 Å². The minimum Gasteiger partial charge on any atom is -0.444 e. The Hall–Kier alpha value is -3.55. The molecular formula is C26H27F3N2O3. The number of fused-ring (bicyclic) bond motifs is 1. The molecule has 0 aromatic heterocycles. The topological polar surface area (TPSA) is 67.4 Å².